The lowest BCUT2D eigenvalue weighted by Gasteiger charge is -2.27. The third-order valence-corrected chi connectivity index (χ3v) is 4.35. The quantitative estimate of drug-likeness (QED) is 0.719. The molecule has 3 heterocycles. The van der Waals surface area contributed by atoms with Crippen molar-refractivity contribution in [1.29, 1.82) is 0 Å². The van der Waals surface area contributed by atoms with Crippen LogP contribution in [0.3, 0.4) is 0 Å². The third kappa shape index (κ3) is 3.08. The molecule has 0 radical (unpaired) electrons. The van der Waals surface area contributed by atoms with Crippen LogP contribution in [0.15, 0.2) is 66.0 Å². The predicted molar refractivity (Wildman–Crippen MR) is 101 cm³/mol. The number of allylic oxidation sites excluding steroid dienone is 1. The van der Waals surface area contributed by atoms with Gasteiger partial charge in [-0.2, -0.15) is 4.98 Å². The molecule has 4 rings (SSSR count). The summed E-state index contributed by atoms with van der Waals surface area (Å²) in [6.45, 7) is 3.92. The highest BCUT2D eigenvalue weighted by atomic mass is 16.5. The van der Waals surface area contributed by atoms with Gasteiger partial charge in [-0.15, -0.1) is 5.10 Å². The second-order valence-electron chi connectivity index (χ2n) is 6.11. The number of aromatic nitrogens is 4. The number of nitrogens with one attached hydrogen (secondary N) is 1. The second kappa shape index (κ2) is 7.03. The molecule has 7 heteroatoms. The highest BCUT2D eigenvalue weighted by Crippen LogP contribution is 2.35. The number of benzene rings is 1. The predicted octanol–water partition coefficient (Wildman–Crippen LogP) is 3.19. The van der Waals surface area contributed by atoms with E-state index < -0.39 is 6.04 Å². The number of fused-ring (bicyclic) bond motifs is 1. The molecule has 27 heavy (non-hydrogen) atoms. The van der Waals surface area contributed by atoms with Gasteiger partial charge < -0.3 is 10.1 Å². The summed E-state index contributed by atoms with van der Waals surface area (Å²) < 4.78 is 6.98. The number of nitrogens with zero attached hydrogens (tertiary/aromatic N) is 4. The molecule has 0 fully saturated rings. The minimum Gasteiger partial charge on any atom is -0.463 e. The largest absolute Gasteiger partial charge is 0.463 e. The van der Waals surface area contributed by atoms with E-state index in [0.29, 0.717) is 35.3 Å². The molecule has 3 aromatic rings. The Hall–Kier alpha value is -3.48. The van der Waals surface area contributed by atoms with E-state index in [4.69, 9.17) is 4.74 Å². The number of anilines is 1. The normalized spacial score (nSPS) is 15.9. The molecule has 1 aliphatic rings. The molecule has 1 unspecified atom stereocenters. The molecule has 7 nitrogen and oxygen atoms in total. The van der Waals surface area contributed by atoms with Crippen LogP contribution in [0, 0.1) is 0 Å². The van der Waals surface area contributed by atoms with Crippen molar-refractivity contribution in [1.82, 2.24) is 19.7 Å². The van der Waals surface area contributed by atoms with Crippen molar-refractivity contribution < 1.29 is 9.53 Å². The van der Waals surface area contributed by atoms with E-state index in [9.17, 15) is 4.79 Å². The lowest BCUT2D eigenvalue weighted by Crippen LogP contribution is -2.30. The summed E-state index contributed by atoms with van der Waals surface area (Å²) in [6, 6.07) is 14.8. The monoisotopic (exact) mass is 361 g/mol. The molecule has 0 bridgehead atoms. The molecule has 2 aromatic heterocycles. The van der Waals surface area contributed by atoms with Crippen LogP contribution >= 0.6 is 0 Å². The van der Waals surface area contributed by atoms with Crippen LogP contribution in [-0.4, -0.2) is 32.3 Å². The van der Waals surface area contributed by atoms with E-state index in [1.807, 2.05) is 55.5 Å². The average molecular weight is 361 g/mol. The van der Waals surface area contributed by atoms with E-state index >= 15 is 0 Å². The molecule has 0 saturated heterocycles. The number of carbonyl (C=O) groups excluding carboxylic acids is 1. The lowest BCUT2D eigenvalue weighted by atomic mass is 10.00. The van der Waals surface area contributed by atoms with Crippen LogP contribution in [0.25, 0.3) is 11.4 Å². The first-order valence-electron chi connectivity index (χ1n) is 8.77. The van der Waals surface area contributed by atoms with Crippen molar-refractivity contribution in [2.45, 2.75) is 19.9 Å². The number of carbonyl (C=O) groups is 1. The van der Waals surface area contributed by atoms with Gasteiger partial charge in [0.2, 0.25) is 5.95 Å². The van der Waals surface area contributed by atoms with Gasteiger partial charge in [-0.25, -0.2) is 9.48 Å². The minimum absolute atomic E-state index is 0.296. The molecule has 0 saturated carbocycles. The number of esters is 1. The second-order valence-corrected chi connectivity index (χ2v) is 6.11. The molecule has 0 spiro atoms. The number of hydrogen-bond donors (Lipinski definition) is 1. The summed E-state index contributed by atoms with van der Waals surface area (Å²) in [5.41, 5.74) is 2.76. The van der Waals surface area contributed by atoms with Gasteiger partial charge in [-0.3, -0.25) is 4.98 Å². The minimum atomic E-state index is -0.508. The maximum atomic E-state index is 12.7. The van der Waals surface area contributed by atoms with Crippen LogP contribution in [0.2, 0.25) is 0 Å². The Morgan fingerprint density at radius 1 is 1.19 bits per heavy atom. The SMILES string of the molecule is CCOC(=O)C1=C(C)Nc2nc(-c3ccccc3)nn2C1c1ccccn1. The standard InChI is InChI=1S/C20H19N5O2/c1-3-27-19(26)16-13(2)22-20-23-18(14-9-5-4-6-10-14)24-25(20)17(16)15-11-7-8-12-21-15/h4-12,17H,3H2,1-2H3,(H,22,23,24). The van der Waals surface area contributed by atoms with Crippen LogP contribution < -0.4 is 5.32 Å². The molecular weight excluding hydrogens is 342 g/mol. The van der Waals surface area contributed by atoms with E-state index in [1.54, 1.807) is 17.8 Å². The van der Waals surface area contributed by atoms with Gasteiger partial charge in [-0.05, 0) is 26.0 Å². The van der Waals surface area contributed by atoms with E-state index in [1.165, 1.54) is 0 Å². The highest BCUT2D eigenvalue weighted by molar-refractivity contribution is 5.92. The molecule has 0 aliphatic carbocycles. The lowest BCUT2D eigenvalue weighted by molar-refractivity contribution is -0.139. The Kier molecular flexibility index (Phi) is 4.42. The first-order chi connectivity index (χ1) is 13.2. The Morgan fingerprint density at radius 3 is 2.67 bits per heavy atom. The van der Waals surface area contributed by atoms with Crippen molar-refractivity contribution in [2.24, 2.45) is 0 Å². The Bertz CT molecular complexity index is 996. The van der Waals surface area contributed by atoms with Crippen molar-refractivity contribution in [3.63, 3.8) is 0 Å². The maximum Gasteiger partial charge on any atom is 0.338 e. The molecule has 1 aromatic carbocycles. The summed E-state index contributed by atoms with van der Waals surface area (Å²) >= 11 is 0. The number of hydrogen-bond acceptors (Lipinski definition) is 6. The van der Waals surface area contributed by atoms with Gasteiger partial charge in [0.05, 0.1) is 17.9 Å². The van der Waals surface area contributed by atoms with Crippen LogP contribution in [0.4, 0.5) is 5.95 Å². The number of pyridine rings is 1. The van der Waals surface area contributed by atoms with Crippen molar-refractivity contribution >= 4 is 11.9 Å². The van der Waals surface area contributed by atoms with Gasteiger partial charge in [0, 0.05) is 17.5 Å². The van der Waals surface area contributed by atoms with Crippen molar-refractivity contribution in [3.05, 3.63) is 71.7 Å². The zero-order valence-corrected chi connectivity index (χ0v) is 15.1. The van der Waals surface area contributed by atoms with E-state index in [-0.39, 0.29) is 5.97 Å². The van der Waals surface area contributed by atoms with Crippen molar-refractivity contribution in [3.8, 4) is 11.4 Å². The Morgan fingerprint density at radius 2 is 1.96 bits per heavy atom. The summed E-state index contributed by atoms with van der Waals surface area (Å²) in [4.78, 5) is 21.7. The fourth-order valence-electron chi connectivity index (χ4n) is 3.14. The van der Waals surface area contributed by atoms with Crippen LogP contribution in [0.1, 0.15) is 25.6 Å². The van der Waals surface area contributed by atoms with Crippen LogP contribution in [0.5, 0.6) is 0 Å². The van der Waals surface area contributed by atoms with Gasteiger partial charge in [-0.1, -0.05) is 36.4 Å². The molecule has 136 valence electrons. The maximum absolute atomic E-state index is 12.7. The molecule has 1 aliphatic heterocycles. The fourth-order valence-corrected chi connectivity index (χ4v) is 3.14. The van der Waals surface area contributed by atoms with Gasteiger partial charge in [0.15, 0.2) is 5.82 Å². The summed E-state index contributed by atoms with van der Waals surface area (Å²) in [6.07, 6.45) is 1.70. The summed E-state index contributed by atoms with van der Waals surface area (Å²) in [5.74, 6) is 0.757. The molecular formula is C20H19N5O2. The van der Waals surface area contributed by atoms with E-state index in [0.717, 1.165) is 5.56 Å². The molecule has 1 atom stereocenters. The smallest absolute Gasteiger partial charge is 0.338 e. The highest BCUT2D eigenvalue weighted by Gasteiger charge is 2.35. The van der Waals surface area contributed by atoms with Crippen LogP contribution in [-0.2, 0) is 9.53 Å². The summed E-state index contributed by atoms with van der Waals surface area (Å²) in [7, 11) is 0. The first-order valence-corrected chi connectivity index (χ1v) is 8.77. The average Bonchev–Trinajstić information content (AvgIpc) is 3.12. The Balaban J connectivity index is 1.86. The van der Waals surface area contributed by atoms with Gasteiger partial charge in [0.25, 0.3) is 0 Å². The zero-order chi connectivity index (χ0) is 18.8. The zero-order valence-electron chi connectivity index (χ0n) is 15.1. The topological polar surface area (TPSA) is 81.9 Å². The molecule has 0 amide bonds. The molecule has 1 N–H and O–H groups in total. The van der Waals surface area contributed by atoms with Gasteiger partial charge in [0.1, 0.15) is 6.04 Å². The van der Waals surface area contributed by atoms with Crippen molar-refractivity contribution in [2.75, 3.05) is 11.9 Å². The Labute approximate surface area is 156 Å². The third-order valence-electron chi connectivity index (χ3n) is 4.35. The number of ether oxygens (including phenoxy) is 1. The van der Waals surface area contributed by atoms with Gasteiger partial charge >= 0.3 is 5.97 Å². The number of rotatable bonds is 4. The first kappa shape index (κ1) is 17.0. The fraction of sp³-hybridized carbons (Fsp3) is 0.200. The summed E-state index contributed by atoms with van der Waals surface area (Å²) in [5, 5.41) is 7.85. The van der Waals surface area contributed by atoms with E-state index in [2.05, 4.69) is 20.4 Å².